The first kappa shape index (κ1) is 13.8. The van der Waals surface area contributed by atoms with Gasteiger partial charge in [0.25, 0.3) is 0 Å². The van der Waals surface area contributed by atoms with Crippen molar-refractivity contribution in [1.82, 2.24) is 16.2 Å². The number of benzene rings is 1. The Morgan fingerprint density at radius 3 is 3.11 bits per heavy atom. The first-order valence-electron chi connectivity index (χ1n) is 5.58. The third kappa shape index (κ3) is 4.51. The standard InChI is InChI=1S/C11H13FN4O2S/c12-7-2-1-3-8(4-7)14-10(18)6-19-11-15-9(17)5-13-16-11/h1-4,11,13,16H,5-6H2,(H,14,18)(H,15,17). The topological polar surface area (TPSA) is 82.3 Å². The van der Waals surface area contributed by atoms with Gasteiger partial charge in [-0.1, -0.05) is 6.07 Å². The van der Waals surface area contributed by atoms with Crippen LogP contribution in [0.2, 0.25) is 0 Å². The number of halogens is 1. The van der Waals surface area contributed by atoms with E-state index >= 15 is 0 Å². The average Bonchev–Trinajstić information content (AvgIpc) is 2.36. The number of hydrazine groups is 1. The van der Waals surface area contributed by atoms with Gasteiger partial charge in [-0.2, -0.15) is 0 Å². The fourth-order valence-corrected chi connectivity index (χ4v) is 2.23. The number of nitrogens with one attached hydrogen (secondary N) is 4. The minimum absolute atomic E-state index is 0.135. The molecule has 0 bridgehead atoms. The van der Waals surface area contributed by atoms with Crippen molar-refractivity contribution in [3.05, 3.63) is 30.1 Å². The van der Waals surface area contributed by atoms with E-state index in [2.05, 4.69) is 21.5 Å². The number of anilines is 1. The van der Waals surface area contributed by atoms with Crippen LogP contribution in [0.15, 0.2) is 24.3 Å². The van der Waals surface area contributed by atoms with Crippen LogP contribution in [-0.2, 0) is 9.59 Å². The zero-order chi connectivity index (χ0) is 13.7. The molecule has 0 aromatic heterocycles. The molecule has 0 spiro atoms. The molecule has 0 saturated carbocycles. The third-order valence-corrected chi connectivity index (χ3v) is 3.26. The smallest absolute Gasteiger partial charge is 0.237 e. The summed E-state index contributed by atoms with van der Waals surface area (Å²) in [6.45, 7) is 0.201. The van der Waals surface area contributed by atoms with E-state index in [1.807, 2.05) is 0 Å². The molecule has 1 unspecified atom stereocenters. The molecule has 0 aliphatic carbocycles. The summed E-state index contributed by atoms with van der Waals surface area (Å²) < 4.78 is 12.9. The van der Waals surface area contributed by atoms with Crippen LogP contribution in [0.1, 0.15) is 0 Å². The Labute approximate surface area is 113 Å². The number of carbonyl (C=O) groups excluding carboxylic acids is 2. The van der Waals surface area contributed by atoms with Gasteiger partial charge >= 0.3 is 0 Å². The normalized spacial score (nSPS) is 18.8. The van der Waals surface area contributed by atoms with Crippen LogP contribution in [0.3, 0.4) is 0 Å². The predicted molar refractivity (Wildman–Crippen MR) is 70.6 cm³/mol. The number of amides is 2. The fraction of sp³-hybridized carbons (Fsp3) is 0.273. The van der Waals surface area contributed by atoms with Crippen molar-refractivity contribution in [2.75, 3.05) is 17.6 Å². The van der Waals surface area contributed by atoms with E-state index < -0.39 is 5.82 Å². The van der Waals surface area contributed by atoms with Crippen molar-refractivity contribution in [2.45, 2.75) is 5.50 Å². The van der Waals surface area contributed by atoms with Gasteiger partial charge in [-0.3, -0.25) is 9.59 Å². The molecule has 2 amide bonds. The van der Waals surface area contributed by atoms with Crippen LogP contribution in [0.25, 0.3) is 0 Å². The van der Waals surface area contributed by atoms with E-state index in [1.54, 1.807) is 6.07 Å². The molecule has 1 aliphatic rings. The molecular weight excluding hydrogens is 271 g/mol. The van der Waals surface area contributed by atoms with Gasteiger partial charge in [0, 0.05) is 5.69 Å². The molecule has 1 heterocycles. The molecule has 0 radical (unpaired) electrons. The van der Waals surface area contributed by atoms with Gasteiger partial charge in [-0.05, 0) is 18.2 Å². The number of carbonyl (C=O) groups is 2. The second-order valence-corrected chi connectivity index (χ2v) is 4.91. The van der Waals surface area contributed by atoms with Crippen molar-refractivity contribution in [1.29, 1.82) is 0 Å². The van der Waals surface area contributed by atoms with Crippen molar-refractivity contribution in [2.24, 2.45) is 0 Å². The van der Waals surface area contributed by atoms with Gasteiger partial charge in [-0.25, -0.2) is 15.2 Å². The molecule has 4 N–H and O–H groups in total. The zero-order valence-corrected chi connectivity index (χ0v) is 10.7. The molecule has 8 heteroatoms. The Kier molecular flexibility index (Phi) is 4.72. The Balaban J connectivity index is 1.77. The summed E-state index contributed by atoms with van der Waals surface area (Å²) in [6.07, 6.45) is 0. The maximum atomic E-state index is 12.9. The van der Waals surface area contributed by atoms with Gasteiger partial charge < -0.3 is 10.6 Å². The Morgan fingerprint density at radius 1 is 1.53 bits per heavy atom. The summed E-state index contributed by atoms with van der Waals surface area (Å²) in [6, 6.07) is 5.67. The minimum Gasteiger partial charge on any atom is -0.330 e. The lowest BCUT2D eigenvalue weighted by atomic mass is 10.3. The van der Waals surface area contributed by atoms with E-state index in [4.69, 9.17) is 0 Å². The molecule has 1 aliphatic heterocycles. The summed E-state index contributed by atoms with van der Waals surface area (Å²) in [5.41, 5.74) is 5.57. The number of rotatable bonds is 4. The van der Waals surface area contributed by atoms with Crippen LogP contribution in [0.4, 0.5) is 10.1 Å². The highest BCUT2D eigenvalue weighted by Crippen LogP contribution is 2.11. The maximum Gasteiger partial charge on any atom is 0.237 e. The maximum absolute atomic E-state index is 12.9. The Hall–Kier alpha value is -1.64. The second kappa shape index (κ2) is 6.50. The number of hydrogen-bond donors (Lipinski definition) is 4. The van der Waals surface area contributed by atoms with E-state index in [-0.39, 0.29) is 29.6 Å². The summed E-state index contributed by atoms with van der Waals surface area (Å²) in [4.78, 5) is 22.7. The van der Waals surface area contributed by atoms with E-state index in [0.717, 1.165) is 0 Å². The molecule has 102 valence electrons. The number of thioether (sulfide) groups is 1. The molecular formula is C11H13FN4O2S. The first-order valence-corrected chi connectivity index (χ1v) is 6.63. The molecule has 1 atom stereocenters. The van der Waals surface area contributed by atoms with Gasteiger partial charge in [0.15, 0.2) is 0 Å². The molecule has 1 aromatic rings. The quantitative estimate of drug-likeness (QED) is 0.626. The summed E-state index contributed by atoms with van der Waals surface area (Å²) in [5.74, 6) is -0.675. The monoisotopic (exact) mass is 284 g/mol. The van der Waals surface area contributed by atoms with Crippen molar-refractivity contribution in [3.8, 4) is 0 Å². The third-order valence-electron chi connectivity index (χ3n) is 2.26. The highest BCUT2D eigenvalue weighted by Gasteiger charge is 2.18. The largest absolute Gasteiger partial charge is 0.330 e. The zero-order valence-electron chi connectivity index (χ0n) is 9.90. The van der Waals surface area contributed by atoms with Crippen molar-refractivity contribution in [3.63, 3.8) is 0 Å². The highest BCUT2D eigenvalue weighted by molar-refractivity contribution is 8.00. The minimum atomic E-state index is -0.407. The van der Waals surface area contributed by atoms with Crippen LogP contribution in [0, 0.1) is 5.82 Å². The molecule has 1 fully saturated rings. The molecule has 1 aromatic carbocycles. The van der Waals surface area contributed by atoms with Gasteiger partial charge in [0.2, 0.25) is 11.8 Å². The highest BCUT2D eigenvalue weighted by atomic mass is 32.2. The molecule has 6 nitrogen and oxygen atoms in total. The Bertz CT molecular complexity index is 486. The first-order chi connectivity index (χ1) is 9.13. The SMILES string of the molecule is O=C(CSC1NNCC(=O)N1)Nc1cccc(F)c1. The summed E-state index contributed by atoms with van der Waals surface area (Å²) in [5, 5.41) is 5.23. The van der Waals surface area contributed by atoms with Gasteiger partial charge in [0.05, 0.1) is 12.3 Å². The summed E-state index contributed by atoms with van der Waals surface area (Å²) in [7, 11) is 0. The molecule has 1 saturated heterocycles. The fourth-order valence-electron chi connectivity index (χ4n) is 1.46. The molecule has 2 rings (SSSR count). The number of hydrogen-bond acceptors (Lipinski definition) is 5. The lowest BCUT2D eigenvalue weighted by Crippen LogP contribution is -2.58. The van der Waals surface area contributed by atoms with Crippen molar-refractivity contribution < 1.29 is 14.0 Å². The van der Waals surface area contributed by atoms with Gasteiger partial charge in [0.1, 0.15) is 11.3 Å². The van der Waals surface area contributed by atoms with E-state index in [1.165, 1.54) is 30.0 Å². The molecule has 19 heavy (non-hydrogen) atoms. The van der Waals surface area contributed by atoms with Crippen molar-refractivity contribution >= 4 is 29.3 Å². The predicted octanol–water partition coefficient (Wildman–Crippen LogP) is 0.00500. The van der Waals surface area contributed by atoms with Crippen LogP contribution in [-0.4, -0.2) is 29.6 Å². The Morgan fingerprint density at radius 2 is 2.37 bits per heavy atom. The van der Waals surface area contributed by atoms with Crippen LogP contribution < -0.4 is 21.5 Å². The van der Waals surface area contributed by atoms with Crippen LogP contribution in [0.5, 0.6) is 0 Å². The van der Waals surface area contributed by atoms with Crippen LogP contribution >= 0.6 is 11.8 Å². The summed E-state index contributed by atoms with van der Waals surface area (Å²) >= 11 is 1.22. The van der Waals surface area contributed by atoms with Gasteiger partial charge in [-0.15, -0.1) is 11.8 Å². The lowest BCUT2D eigenvalue weighted by molar-refractivity contribution is -0.122. The lowest BCUT2D eigenvalue weighted by Gasteiger charge is -2.24. The van der Waals surface area contributed by atoms with E-state index in [9.17, 15) is 14.0 Å². The van der Waals surface area contributed by atoms with E-state index in [0.29, 0.717) is 5.69 Å². The average molecular weight is 284 g/mol. The second-order valence-electron chi connectivity index (χ2n) is 3.81.